The van der Waals surface area contributed by atoms with Crippen LogP contribution in [0.15, 0.2) is 47.1 Å². The number of benzene rings is 2. The number of carbonyl (C=O) groups excluding carboxylic acids is 1. The highest BCUT2D eigenvalue weighted by atomic mass is 16.5. The van der Waals surface area contributed by atoms with Crippen molar-refractivity contribution in [2.75, 3.05) is 33.2 Å². The molecule has 1 heterocycles. The van der Waals surface area contributed by atoms with Crippen LogP contribution >= 0.6 is 0 Å². The lowest BCUT2D eigenvalue weighted by Gasteiger charge is -2.13. The van der Waals surface area contributed by atoms with E-state index in [1.807, 2.05) is 43.3 Å². The Labute approximate surface area is 157 Å². The molecule has 140 valence electrons. The highest BCUT2D eigenvalue weighted by molar-refractivity contribution is 6.15. The monoisotopic (exact) mass is 367 g/mol. The number of furan rings is 1. The summed E-state index contributed by atoms with van der Waals surface area (Å²) in [4.78, 5) is 14.8. The average molecular weight is 367 g/mol. The van der Waals surface area contributed by atoms with E-state index >= 15 is 0 Å². The SMILES string of the molecule is COc1c(C(=O)/C=C/c2ccc(N(C)C)cc2)c(O)c(OC)c2occc12. The minimum absolute atomic E-state index is 0.0319. The van der Waals surface area contributed by atoms with Gasteiger partial charge < -0.3 is 23.9 Å². The number of hydrogen-bond donors (Lipinski definition) is 1. The van der Waals surface area contributed by atoms with Crippen LogP contribution < -0.4 is 14.4 Å². The number of methoxy groups -OCH3 is 2. The maximum Gasteiger partial charge on any atom is 0.205 e. The molecule has 3 aromatic rings. The molecule has 27 heavy (non-hydrogen) atoms. The predicted molar refractivity (Wildman–Crippen MR) is 105 cm³/mol. The lowest BCUT2D eigenvalue weighted by Crippen LogP contribution is -2.07. The Hall–Kier alpha value is -3.41. The third-order valence-corrected chi connectivity index (χ3v) is 4.29. The van der Waals surface area contributed by atoms with E-state index in [9.17, 15) is 9.90 Å². The van der Waals surface area contributed by atoms with Gasteiger partial charge >= 0.3 is 0 Å². The van der Waals surface area contributed by atoms with Crippen molar-refractivity contribution in [1.29, 1.82) is 0 Å². The molecule has 0 aliphatic heterocycles. The van der Waals surface area contributed by atoms with Crippen molar-refractivity contribution in [2.45, 2.75) is 0 Å². The van der Waals surface area contributed by atoms with Gasteiger partial charge in [-0.25, -0.2) is 0 Å². The van der Waals surface area contributed by atoms with Gasteiger partial charge in [-0.1, -0.05) is 18.2 Å². The van der Waals surface area contributed by atoms with Crippen LogP contribution in [-0.4, -0.2) is 39.2 Å². The zero-order valence-electron chi connectivity index (χ0n) is 15.6. The van der Waals surface area contributed by atoms with Gasteiger partial charge in [0.05, 0.1) is 25.9 Å². The molecule has 0 saturated heterocycles. The van der Waals surface area contributed by atoms with Gasteiger partial charge in [-0.3, -0.25) is 4.79 Å². The summed E-state index contributed by atoms with van der Waals surface area (Å²) in [6.45, 7) is 0. The third kappa shape index (κ3) is 3.33. The highest BCUT2D eigenvalue weighted by Crippen LogP contribution is 2.45. The Morgan fingerprint density at radius 3 is 2.33 bits per heavy atom. The lowest BCUT2D eigenvalue weighted by molar-refractivity contribution is 0.104. The molecule has 0 amide bonds. The normalized spacial score (nSPS) is 11.1. The molecule has 0 aliphatic carbocycles. The molecule has 3 rings (SSSR count). The highest BCUT2D eigenvalue weighted by Gasteiger charge is 2.26. The summed E-state index contributed by atoms with van der Waals surface area (Å²) in [5.74, 6) is -0.366. The average Bonchev–Trinajstić information content (AvgIpc) is 3.14. The topological polar surface area (TPSA) is 72.1 Å². The number of allylic oxidation sites excluding steroid dienone is 1. The Morgan fingerprint density at radius 2 is 1.74 bits per heavy atom. The van der Waals surface area contributed by atoms with E-state index in [0.29, 0.717) is 11.0 Å². The van der Waals surface area contributed by atoms with E-state index in [4.69, 9.17) is 13.9 Å². The molecule has 0 atom stereocenters. The largest absolute Gasteiger partial charge is 0.504 e. The molecule has 1 N–H and O–H groups in total. The van der Waals surface area contributed by atoms with E-state index in [2.05, 4.69) is 0 Å². The fourth-order valence-electron chi connectivity index (χ4n) is 2.90. The van der Waals surface area contributed by atoms with Gasteiger partial charge in [0, 0.05) is 19.8 Å². The first-order valence-electron chi connectivity index (χ1n) is 8.31. The van der Waals surface area contributed by atoms with Gasteiger partial charge in [0.1, 0.15) is 11.3 Å². The first kappa shape index (κ1) is 18.4. The van der Waals surface area contributed by atoms with Crippen LogP contribution in [0.5, 0.6) is 17.2 Å². The van der Waals surface area contributed by atoms with E-state index in [-0.39, 0.29) is 22.8 Å². The molecule has 0 bridgehead atoms. The summed E-state index contributed by atoms with van der Waals surface area (Å²) in [5, 5.41) is 11.1. The van der Waals surface area contributed by atoms with E-state index in [1.54, 1.807) is 12.1 Å². The fraction of sp³-hybridized carbons (Fsp3) is 0.190. The van der Waals surface area contributed by atoms with Crippen molar-refractivity contribution in [3.63, 3.8) is 0 Å². The fourth-order valence-corrected chi connectivity index (χ4v) is 2.90. The van der Waals surface area contributed by atoms with Crippen LogP contribution in [0.4, 0.5) is 5.69 Å². The summed E-state index contributed by atoms with van der Waals surface area (Å²) >= 11 is 0. The van der Waals surface area contributed by atoms with Crippen LogP contribution in [0.2, 0.25) is 0 Å². The number of nitrogens with zero attached hydrogens (tertiary/aromatic N) is 1. The van der Waals surface area contributed by atoms with Crippen LogP contribution in [0.1, 0.15) is 15.9 Å². The molecule has 0 saturated carbocycles. The van der Waals surface area contributed by atoms with Gasteiger partial charge in [0.2, 0.25) is 5.75 Å². The van der Waals surface area contributed by atoms with Crippen molar-refractivity contribution >= 4 is 28.5 Å². The number of aromatic hydroxyl groups is 1. The van der Waals surface area contributed by atoms with E-state index in [0.717, 1.165) is 11.3 Å². The maximum absolute atomic E-state index is 12.8. The van der Waals surface area contributed by atoms with Crippen molar-refractivity contribution in [2.24, 2.45) is 0 Å². The second-order valence-electron chi connectivity index (χ2n) is 6.14. The van der Waals surface area contributed by atoms with E-state index < -0.39 is 5.78 Å². The third-order valence-electron chi connectivity index (χ3n) is 4.29. The van der Waals surface area contributed by atoms with Crippen molar-refractivity contribution in [3.05, 3.63) is 53.8 Å². The summed E-state index contributed by atoms with van der Waals surface area (Å²) in [6.07, 6.45) is 4.53. The van der Waals surface area contributed by atoms with Gasteiger partial charge in [0.15, 0.2) is 17.1 Å². The van der Waals surface area contributed by atoms with Crippen molar-refractivity contribution in [1.82, 2.24) is 0 Å². The molecule has 0 fully saturated rings. The number of anilines is 1. The van der Waals surface area contributed by atoms with Gasteiger partial charge in [0.25, 0.3) is 0 Å². The van der Waals surface area contributed by atoms with Crippen LogP contribution in [0.25, 0.3) is 17.0 Å². The molecule has 0 unspecified atom stereocenters. The first-order chi connectivity index (χ1) is 13.0. The number of hydrogen-bond acceptors (Lipinski definition) is 6. The minimum Gasteiger partial charge on any atom is -0.504 e. The smallest absolute Gasteiger partial charge is 0.205 e. The van der Waals surface area contributed by atoms with Crippen molar-refractivity contribution < 1.29 is 23.8 Å². The standard InChI is InChI=1S/C21H21NO5/c1-22(2)14-8-5-13(6-9-14)7-10-16(23)17-18(24)21(26-4)20-15(11-12-27-20)19(17)25-3/h5-12,24H,1-4H3/b10-7+. The summed E-state index contributed by atoms with van der Waals surface area (Å²) in [5.41, 5.74) is 2.28. The summed E-state index contributed by atoms with van der Waals surface area (Å²) < 4.78 is 16.0. The predicted octanol–water partition coefficient (Wildman–Crippen LogP) is 4.12. The Kier molecular flexibility index (Phi) is 5.07. The van der Waals surface area contributed by atoms with Crippen molar-refractivity contribution in [3.8, 4) is 17.2 Å². The number of carbonyl (C=O) groups is 1. The quantitative estimate of drug-likeness (QED) is 0.522. The molecule has 1 aromatic heterocycles. The number of fused-ring (bicyclic) bond motifs is 1. The molecule has 0 radical (unpaired) electrons. The number of phenols is 1. The molecular formula is C21H21NO5. The zero-order valence-corrected chi connectivity index (χ0v) is 15.6. The number of rotatable bonds is 6. The lowest BCUT2D eigenvalue weighted by atomic mass is 10.0. The second-order valence-corrected chi connectivity index (χ2v) is 6.14. The minimum atomic E-state index is -0.401. The Bertz CT molecular complexity index is 1000. The van der Waals surface area contributed by atoms with Gasteiger partial charge in [-0.2, -0.15) is 0 Å². The maximum atomic E-state index is 12.8. The van der Waals surface area contributed by atoms with Gasteiger partial charge in [-0.15, -0.1) is 0 Å². The van der Waals surface area contributed by atoms with Gasteiger partial charge in [-0.05, 0) is 29.8 Å². The number of ether oxygens (including phenoxy) is 2. The Morgan fingerprint density at radius 1 is 1.07 bits per heavy atom. The van der Waals surface area contributed by atoms with E-state index in [1.165, 1.54) is 26.6 Å². The molecule has 2 aromatic carbocycles. The molecule has 0 aliphatic rings. The first-order valence-corrected chi connectivity index (χ1v) is 8.31. The molecule has 6 heteroatoms. The number of phenolic OH excluding ortho intramolecular Hbond substituents is 1. The second kappa shape index (κ2) is 7.45. The van der Waals surface area contributed by atoms with Crippen LogP contribution in [-0.2, 0) is 0 Å². The Balaban J connectivity index is 2.01. The molecule has 0 spiro atoms. The number of ketones is 1. The zero-order chi connectivity index (χ0) is 19.6. The van der Waals surface area contributed by atoms with Crippen LogP contribution in [0.3, 0.4) is 0 Å². The van der Waals surface area contributed by atoms with Crippen LogP contribution in [0, 0.1) is 0 Å². The molecular weight excluding hydrogens is 346 g/mol. The summed E-state index contributed by atoms with van der Waals surface area (Å²) in [7, 11) is 6.76. The summed E-state index contributed by atoms with van der Waals surface area (Å²) in [6, 6.07) is 9.41. The molecule has 6 nitrogen and oxygen atoms in total.